The molecular formula is C27H27NO7. The highest BCUT2D eigenvalue weighted by molar-refractivity contribution is 6.02. The van der Waals surface area contributed by atoms with Gasteiger partial charge < -0.3 is 34.5 Å². The molecule has 0 saturated carbocycles. The van der Waals surface area contributed by atoms with Crippen LogP contribution in [0.3, 0.4) is 0 Å². The first-order chi connectivity index (χ1) is 16.9. The van der Waals surface area contributed by atoms with Gasteiger partial charge in [-0.2, -0.15) is 0 Å². The van der Waals surface area contributed by atoms with Crippen molar-refractivity contribution in [2.45, 2.75) is 0 Å². The van der Waals surface area contributed by atoms with Crippen LogP contribution in [0.1, 0.15) is 16.7 Å². The van der Waals surface area contributed by atoms with Crippen molar-refractivity contribution in [2.75, 3.05) is 33.8 Å². The molecule has 0 aliphatic carbocycles. The summed E-state index contributed by atoms with van der Waals surface area (Å²) in [6.45, 7) is 0. The Balaban J connectivity index is 1.70. The van der Waals surface area contributed by atoms with Gasteiger partial charge in [0.15, 0.2) is 23.0 Å². The van der Waals surface area contributed by atoms with Gasteiger partial charge in [0, 0.05) is 6.08 Å². The fourth-order valence-corrected chi connectivity index (χ4v) is 3.31. The number of nitrogens with one attached hydrogen (secondary N) is 1. The quantitative estimate of drug-likeness (QED) is 0.227. The first kappa shape index (κ1) is 25.0. The third-order valence-corrected chi connectivity index (χ3v) is 5.07. The molecule has 0 spiro atoms. The van der Waals surface area contributed by atoms with Crippen molar-refractivity contribution in [3.63, 3.8) is 0 Å². The van der Waals surface area contributed by atoms with Gasteiger partial charge in [-0.3, -0.25) is 4.79 Å². The van der Waals surface area contributed by atoms with Gasteiger partial charge in [-0.15, -0.1) is 0 Å². The van der Waals surface area contributed by atoms with E-state index in [-0.39, 0.29) is 17.2 Å². The highest BCUT2D eigenvalue weighted by atomic mass is 16.5. The van der Waals surface area contributed by atoms with Crippen LogP contribution in [0.4, 0.5) is 5.69 Å². The number of phenolic OH excluding ortho intramolecular Hbond substituents is 2. The third kappa shape index (κ3) is 6.26. The predicted molar refractivity (Wildman–Crippen MR) is 135 cm³/mol. The topological polar surface area (TPSA) is 106 Å². The van der Waals surface area contributed by atoms with Crippen molar-refractivity contribution in [3.8, 4) is 34.5 Å². The van der Waals surface area contributed by atoms with Crippen LogP contribution in [0.25, 0.3) is 18.2 Å². The Hall–Kier alpha value is -4.59. The number of hydrogen-bond donors (Lipinski definition) is 3. The second kappa shape index (κ2) is 11.5. The molecule has 8 heteroatoms. The van der Waals surface area contributed by atoms with E-state index < -0.39 is 5.91 Å². The first-order valence-corrected chi connectivity index (χ1v) is 10.6. The van der Waals surface area contributed by atoms with E-state index in [1.807, 2.05) is 12.2 Å². The summed E-state index contributed by atoms with van der Waals surface area (Å²) in [7, 11) is 6.09. The molecule has 35 heavy (non-hydrogen) atoms. The molecule has 3 rings (SSSR count). The zero-order valence-corrected chi connectivity index (χ0v) is 19.9. The number of methoxy groups -OCH3 is 4. The molecule has 0 aliphatic heterocycles. The van der Waals surface area contributed by atoms with Crippen LogP contribution in [0.15, 0.2) is 54.6 Å². The molecular weight excluding hydrogens is 450 g/mol. The number of phenols is 2. The molecule has 0 bridgehead atoms. The molecule has 3 N–H and O–H groups in total. The van der Waals surface area contributed by atoms with Gasteiger partial charge in [0.2, 0.25) is 11.7 Å². The summed E-state index contributed by atoms with van der Waals surface area (Å²) in [6.07, 6.45) is 6.49. The van der Waals surface area contributed by atoms with Crippen LogP contribution in [0, 0.1) is 0 Å². The molecule has 0 heterocycles. The maximum atomic E-state index is 12.3. The van der Waals surface area contributed by atoms with E-state index in [2.05, 4.69) is 5.32 Å². The van der Waals surface area contributed by atoms with Crippen molar-refractivity contribution in [1.82, 2.24) is 0 Å². The fourth-order valence-electron chi connectivity index (χ4n) is 3.31. The first-order valence-electron chi connectivity index (χ1n) is 10.6. The van der Waals surface area contributed by atoms with Crippen LogP contribution in [0.5, 0.6) is 34.5 Å². The van der Waals surface area contributed by atoms with Crippen LogP contribution >= 0.6 is 0 Å². The molecule has 0 atom stereocenters. The Morgan fingerprint density at radius 1 is 0.686 bits per heavy atom. The van der Waals surface area contributed by atoms with Crippen LogP contribution in [0.2, 0.25) is 0 Å². The van der Waals surface area contributed by atoms with Crippen LogP contribution in [-0.4, -0.2) is 44.6 Å². The van der Waals surface area contributed by atoms with Gasteiger partial charge in [-0.05, 0) is 59.2 Å². The Bertz CT molecular complexity index is 1240. The zero-order chi connectivity index (χ0) is 25.4. The molecule has 0 unspecified atom stereocenters. The molecule has 0 fully saturated rings. The number of carbonyl (C=O) groups is 1. The van der Waals surface area contributed by atoms with E-state index >= 15 is 0 Å². The Labute approximate surface area is 203 Å². The second-order valence-electron chi connectivity index (χ2n) is 7.32. The summed E-state index contributed by atoms with van der Waals surface area (Å²) in [4.78, 5) is 12.3. The van der Waals surface area contributed by atoms with E-state index in [4.69, 9.17) is 18.9 Å². The maximum absolute atomic E-state index is 12.3. The van der Waals surface area contributed by atoms with E-state index in [0.29, 0.717) is 28.6 Å². The Morgan fingerprint density at radius 3 is 1.83 bits per heavy atom. The normalized spacial score (nSPS) is 11.0. The van der Waals surface area contributed by atoms with Crippen LogP contribution in [-0.2, 0) is 4.79 Å². The minimum absolute atomic E-state index is 0.0251. The number of ether oxygens (including phenoxy) is 4. The van der Waals surface area contributed by atoms with Gasteiger partial charge in [-0.1, -0.05) is 24.3 Å². The zero-order valence-electron chi connectivity index (χ0n) is 19.9. The predicted octanol–water partition coefficient (Wildman–Crippen LogP) is 4.95. The van der Waals surface area contributed by atoms with Crippen molar-refractivity contribution in [1.29, 1.82) is 0 Å². The molecule has 0 aromatic heterocycles. The number of amides is 1. The Kier molecular flexibility index (Phi) is 8.24. The molecule has 182 valence electrons. The average molecular weight is 478 g/mol. The molecule has 0 radical (unpaired) electrons. The number of aromatic hydroxyl groups is 2. The summed E-state index contributed by atoms with van der Waals surface area (Å²) < 4.78 is 21.1. The molecule has 8 nitrogen and oxygen atoms in total. The average Bonchev–Trinajstić information content (AvgIpc) is 2.87. The number of benzene rings is 3. The van der Waals surface area contributed by atoms with Gasteiger partial charge >= 0.3 is 0 Å². The van der Waals surface area contributed by atoms with E-state index in [1.54, 1.807) is 63.8 Å². The van der Waals surface area contributed by atoms with Crippen LogP contribution < -0.4 is 24.3 Å². The number of rotatable bonds is 9. The largest absolute Gasteiger partial charge is 0.506 e. The molecule has 3 aromatic rings. The molecule has 0 saturated heterocycles. The highest BCUT2D eigenvalue weighted by Crippen LogP contribution is 2.38. The van der Waals surface area contributed by atoms with Crippen molar-refractivity contribution >= 4 is 29.8 Å². The van der Waals surface area contributed by atoms with Gasteiger partial charge in [0.1, 0.15) is 5.75 Å². The van der Waals surface area contributed by atoms with Crippen molar-refractivity contribution in [3.05, 3.63) is 71.3 Å². The molecule has 0 aliphatic rings. The SMILES string of the molecule is COc1ccc(/C=C/C(=O)Nc2ccc(/C=C/c3cc(OC)c(OC)c(OC)c3)cc2O)cc1O. The number of carbonyl (C=O) groups excluding carboxylic acids is 1. The van der Waals surface area contributed by atoms with E-state index in [1.165, 1.54) is 25.3 Å². The monoisotopic (exact) mass is 477 g/mol. The minimum Gasteiger partial charge on any atom is -0.506 e. The summed E-state index contributed by atoms with van der Waals surface area (Å²) in [5.41, 5.74) is 2.42. The van der Waals surface area contributed by atoms with Gasteiger partial charge in [-0.25, -0.2) is 0 Å². The van der Waals surface area contributed by atoms with Gasteiger partial charge in [0.05, 0.1) is 34.1 Å². The van der Waals surface area contributed by atoms with E-state index in [0.717, 1.165) is 11.1 Å². The molecule has 1 amide bonds. The smallest absolute Gasteiger partial charge is 0.248 e. The number of anilines is 1. The summed E-state index contributed by atoms with van der Waals surface area (Å²) >= 11 is 0. The highest BCUT2D eigenvalue weighted by Gasteiger charge is 2.12. The lowest BCUT2D eigenvalue weighted by Gasteiger charge is -2.12. The van der Waals surface area contributed by atoms with E-state index in [9.17, 15) is 15.0 Å². The summed E-state index contributed by atoms with van der Waals surface area (Å²) in [5, 5.41) is 22.8. The lowest BCUT2D eigenvalue weighted by Crippen LogP contribution is -2.07. The standard InChI is InChI=1S/C27H27NO7/c1-32-23-11-8-18(14-22(23)30)9-12-26(31)28-20-10-7-17(13-21(20)29)5-6-19-15-24(33-2)27(35-4)25(16-19)34-3/h5-16,29-30H,1-4H3,(H,28,31)/b6-5+,12-9+. The minimum atomic E-state index is -0.434. The second-order valence-corrected chi connectivity index (χ2v) is 7.32. The Morgan fingerprint density at radius 2 is 1.26 bits per heavy atom. The van der Waals surface area contributed by atoms with Crippen molar-refractivity contribution in [2.24, 2.45) is 0 Å². The lowest BCUT2D eigenvalue weighted by atomic mass is 10.1. The van der Waals surface area contributed by atoms with Crippen molar-refractivity contribution < 1.29 is 34.0 Å². The lowest BCUT2D eigenvalue weighted by molar-refractivity contribution is -0.111. The summed E-state index contributed by atoms with van der Waals surface area (Å²) in [6, 6.07) is 13.3. The molecule has 3 aromatic carbocycles. The third-order valence-electron chi connectivity index (χ3n) is 5.07. The van der Waals surface area contributed by atoms with Gasteiger partial charge in [0.25, 0.3) is 0 Å². The number of hydrogen-bond acceptors (Lipinski definition) is 7. The maximum Gasteiger partial charge on any atom is 0.248 e. The summed E-state index contributed by atoms with van der Waals surface area (Å²) in [5.74, 6) is 1.37. The fraction of sp³-hybridized carbons (Fsp3) is 0.148.